The van der Waals surface area contributed by atoms with Gasteiger partial charge in [0, 0.05) is 38.9 Å². The summed E-state index contributed by atoms with van der Waals surface area (Å²) in [6, 6.07) is 4.01. The highest BCUT2D eigenvalue weighted by molar-refractivity contribution is 5.74. The van der Waals surface area contributed by atoms with E-state index in [0.717, 1.165) is 5.69 Å². The topological polar surface area (TPSA) is 64.3 Å². The van der Waals surface area contributed by atoms with Crippen LogP contribution < -0.4 is 5.32 Å². The molecule has 168 valence electrons. The normalized spacial score (nSPS) is 16.7. The highest BCUT2D eigenvalue weighted by atomic mass is 19.4. The molecular formula is C22H28F3N5O. The van der Waals surface area contributed by atoms with Crippen molar-refractivity contribution in [3.05, 3.63) is 65.8 Å². The molecule has 1 aromatic carbocycles. The Labute approximate surface area is 180 Å². The van der Waals surface area contributed by atoms with Gasteiger partial charge >= 0.3 is 12.2 Å². The largest absolute Gasteiger partial charge is 0.416 e. The van der Waals surface area contributed by atoms with E-state index >= 15 is 0 Å². The number of hydrogen-bond acceptors (Lipinski definition) is 3. The van der Waals surface area contributed by atoms with Crippen LogP contribution in [0.1, 0.15) is 41.3 Å². The Kier molecular flexibility index (Phi) is 7.04. The number of aryl methyl sites for hydroxylation is 1. The van der Waals surface area contributed by atoms with E-state index in [1.165, 1.54) is 25.4 Å². The van der Waals surface area contributed by atoms with E-state index in [1.54, 1.807) is 30.3 Å². The van der Waals surface area contributed by atoms with Crippen LogP contribution in [0.15, 0.2) is 43.4 Å². The van der Waals surface area contributed by atoms with Crippen LogP contribution in [0.3, 0.4) is 0 Å². The maximum Gasteiger partial charge on any atom is 0.416 e. The zero-order chi connectivity index (χ0) is 22.6. The van der Waals surface area contributed by atoms with E-state index < -0.39 is 11.7 Å². The van der Waals surface area contributed by atoms with Gasteiger partial charge < -0.3 is 15.2 Å². The first-order valence-corrected chi connectivity index (χ1v) is 10.3. The summed E-state index contributed by atoms with van der Waals surface area (Å²) in [6.07, 6.45) is 1.89. The molecule has 3 rings (SSSR count). The highest BCUT2D eigenvalue weighted by Gasteiger charge is 2.35. The Balaban J connectivity index is 1.86. The van der Waals surface area contributed by atoms with Gasteiger partial charge in [-0.25, -0.2) is 9.78 Å². The quantitative estimate of drug-likeness (QED) is 0.671. The summed E-state index contributed by atoms with van der Waals surface area (Å²) in [5.41, 5.74) is 0.879. The summed E-state index contributed by atoms with van der Waals surface area (Å²) in [6.45, 7) is 6.91. The number of nitrogens with zero attached hydrogens (tertiary/aromatic N) is 3. The van der Waals surface area contributed by atoms with Crippen LogP contribution in [-0.4, -0.2) is 58.5 Å². The highest BCUT2D eigenvalue weighted by Crippen LogP contribution is 2.37. The monoisotopic (exact) mass is 435 g/mol. The van der Waals surface area contributed by atoms with Gasteiger partial charge in [0.1, 0.15) is 0 Å². The number of imidazole rings is 1. The molecule has 1 fully saturated rings. The number of aromatic nitrogens is 2. The number of rotatable bonds is 6. The molecule has 0 bridgehead atoms. The number of aromatic amines is 1. The molecule has 1 unspecified atom stereocenters. The van der Waals surface area contributed by atoms with Crippen LogP contribution >= 0.6 is 0 Å². The van der Waals surface area contributed by atoms with E-state index in [9.17, 15) is 18.0 Å². The SMILES string of the molecule is C=CCN(C(=O)NC)C1CCN(C(c2ccc(C)c(C(F)(F)F)c2)c2cnc[nH]2)CC1. The molecule has 1 aliphatic rings. The predicted molar refractivity (Wildman–Crippen MR) is 113 cm³/mol. The molecule has 1 saturated heterocycles. The lowest BCUT2D eigenvalue weighted by atomic mass is 9.94. The van der Waals surface area contributed by atoms with E-state index in [0.29, 0.717) is 38.0 Å². The number of carbonyl (C=O) groups is 1. The molecule has 2 aromatic rings. The minimum Gasteiger partial charge on any atom is -0.347 e. The van der Waals surface area contributed by atoms with Gasteiger partial charge in [0.15, 0.2) is 0 Å². The van der Waals surface area contributed by atoms with Crippen LogP contribution in [-0.2, 0) is 6.18 Å². The second-order valence-corrected chi connectivity index (χ2v) is 7.74. The number of piperidine rings is 1. The standard InChI is InChI=1S/C22H28F3N5O/c1-4-9-30(21(31)26-3)17-7-10-29(11-8-17)20(19-13-27-14-28-19)16-6-5-15(2)18(12-16)22(23,24)25/h4-6,12-14,17,20H,1,7-11H2,2-3H3,(H,26,31)(H,27,28). The summed E-state index contributed by atoms with van der Waals surface area (Å²) in [4.78, 5) is 23.3. The molecular weight excluding hydrogens is 407 g/mol. The number of hydrogen-bond donors (Lipinski definition) is 2. The molecule has 9 heteroatoms. The van der Waals surface area contributed by atoms with Gasteiger partial charge in [0.05, 0.1) is 23.6 Å². The number of nitrogens with one attached hydrogen (secondary N) is 2. The third kappa shape index (κ3) is 5.10. The van der Waals surface area contributed by atoms with E-state index in [1.807, 2.05) is 0 Å². The molecule has 2 amide bonds. The van der Waals surface area contributed by atoms with Crippen molar-refractivity contribution in [1.82, 2.24) is 25.1 Å². The van der Waals surface area contributed by atoms with Gasteiger partial charge in [0.2, 0.25) is 0 Å². The number of benzene rings is 1. The molecule has 0 radical (unpaired) electrons. The maximum absolute atomic E-state index is 13.5. The van der Waals surface area contributed by atoms with Crippen LogP contribution in [0.4, 0.5) is 18.0 Å². The lowest BCUT2D eigenvalue weighted by Gasteiger charge is -2.41. The Hall–Kier alpha value is -2.81. The smallest absolute Gasteiger partial charge is 0.347 e. The van der Waals surface area contributed by atoms with Crippen molar-refractivity contribution < 1.29 is 18.0 Å². The van der Waals surface area contributed by atoms with Crippen molar-refractivity contribution in [2.45, 2.75) is 38.0 Å². The Bertz CT molecular complexity index is 889. The van der Waals surface area contributed by atoms with Crippen LogP contribution in [0.5, 0.6) is 0 Å². The number of urea groups is 1. The van der Waals surface area contributed by atoms with E-state index in [4.69, 9.17) is 0 Å². The number of H-pyrrole nitrogens is 1. The minimum atomic E-state index is -4.41. The summed E-state index contributed by atoms with van der Waals surface area (Å²) < 4.78 is 40.5. The van der Waals surface area contributed by atoms with Gasteiger partial charge in [-0.3, -0.25) is 4.90 Å². The Morgan fingerprint density at radius 3 is 2.68 bits per heavy atom. The van der Waals surface area contributed by atoms with Crippen LogP contribution in [0.2, 0.25) is 0 Å². The van der Waals surface area contributed by atoms with Crippen molar-refractivity contribution in [3.63, 3.8) is 0 Å². The lowest BCUT2D eigenvalue weighted by Crippen LogP contribution is -2.50. The third-order valence-electron chi connectivity index (χ3n) is 5.80. The van der Waals surface area contributed by atoms with Gasteiger partial charge in [-0.05, 0) is 37.0 Å². The van der Waals surface area contributed by atoms with Crippen molar-refractivity contribution in [2.75, 3.05) is 26.7 Å². The number of amides is 2. The lowest BCUT2D eigenvalue weighted by molar-refractivity contribution is -0.138. The Morgan fingerprint density at radius 2 is 2.13 bits per heavy atom. The fraction of sp³-hybridized carbons (Fsp3) is 0.455. The number of likely N-dealkylation sites (tertiary alicyclic amines) is 1. The van der Waals surface area contributed by atoms with Crippen molar-refractivity contribution in [3.8, 4) is 0 Å². The molecule has 2 heterocycles. The first kappa shape index (κ1) is 22.9. The first-order chi connectivity index (χ1) is 14.8. The second kappa shape index (κ2) is 9.55. The molecule has 1 atom stereocenters. The average molecular weight is 435 g/mol. The van der Waals surface area contributed by atoms with Gasteiger partial charge in [-0.15, -0.1) is 6.58 Å². The number of carbonyl (C=O) groups excluding carboxylic acids is 1. The van der Waals surface area contributed by atoms with E-state index in [-0.39, 0.29) is 23.7 Å². The van der Waals surface area contributed by atoms with Gasteiger partial charge in [0.25, 0.3) is 0 Å². The average Bonchev–Trinajstić information content (AvgIpc) is 3.27. The molecule has 0 saturated carbocycles. The molecule has 31 heavy (non-hydrogen) atoms. The summed E-state index contributed by atoms with van der Waals surface area (Å²) >= 11 is 0. The summed E-state index contributed by atoms with van der Waals surface area (Å²) in [5, 5.41) is 2.66. The summed E-state index contributed by atoms with van der Waals surface area (Å²) in [7, 11) is 1.59. The van der Waals surface area contributed by atoms with Gasteiger partial charge in [-0.1, -0.05) is 18.2 Å². The zero-order valence-electron chi connectivity index (χ0n) is 17.7. The molecule has 0 spiro atoms. The molecule has 0 aliphatic carbocycles. The minimum absolute atomic E-state index is 0.0420. The van der Waals surface area contributed by atoms with Crippen LogP contribution in [0.25, 0.3) is 0 Å². The molecule has 6 nitrogen and oxygen atoms in total. The molecule has 2 N–H and O–H groups in total. The molecule has 1 aromatic heterocycles. The maximum atomic E-state index is 13.5. The molecule has 1 aliphatic heterocycles. The van der Waals surface area contributed by atoms with Crippen molar-refractivity contribution >= 4 is 6.03 Å². The predicted octanol–water partition coefficient (Wildman–Crippen LogP) is 4.12. The fourth-order valence-corrected chi connectivity index (χ4v) is 4.25. The van der Waals surface area contributed by atoms with Gasteiger partial charge in [-0.2, -0.15) is 13.2 Å². The Morgan fingerprint density at radius 1 is 1.42 bits per heavy atom. The first-order valence-electron chi connectivity index (χ1n) is 10.3. The second-order valence-electron chi connectivity index (χ2n) is 7.74. The zero-order valence-corrected chi connectivity index (χ0v) is 17.7. The number of halogens is 3. The van der Waals surface area contributed by atoms with Crippen LogP contribution in [0, 0.1) is 6.92 Å². The van der Waals surface area contributed by atoms with Crippen molar-refractivity contribution in [2.24, 2.45) is 0 Å². The number of alkyl halides is 3. The van der Waals surface area contributed by atoms with E-state index in [2.05, 4.69) is 26.8 Å². The fourth-order valence-electron chi connectivity index (χ4n) is 4.25. The summed E-state index contributed by atoms with van der Waals surface area (Å²) in [5.74, 6) is 0. The van der Waals surface area contributed by atoms with Crippen molar-refractivity contribution in [1.29, 1.82) is 0 Å². The third-order valence-corrected chi connectivity index (χ3v) is 5.80.